The molecular formula is C13H15NO4. The third-order valence-corrected chi connectivity index (χ3v) is 2.20. The monoisotopic (exact) mass is 249 g/mol. The summed E-state index contributed by atoms with van der Waals surface area (Å²) in [5, 5.41) is 11.0. The van der Waals surface area contributed by atoms with Crippen LogP contribution in [0.5, 0.6) is 0 Å². The number of carbonyl (C=O) groups is 2. The molecule has 1 atom stereocenters. The standard InChI is InChI=1S/C13H15NO4/c1-2-11(8-12(15)16)14-13(17)18-9-10-6-4-3-5-7-10/h2-7,11H,1,8-9H2,(H,14,17)(H,15,16)/t11-/m1/s1. The smallest absolute Gasteiger partial charge is 0.407 e. The summed E-state index contributed by atoms with van der Waals surface area (Å²) in [6.07, 6.45) is 0.479. The van der Waals surface area contributed by atoms with Gasteiger partial charge in [-0.05, 0) is 5.56 Å². The molecule has 0 bridgehead atoms. The molecule has 1 aromatic carbocycles. The normalized spacial score (nSPS) is 11.3. The molecule has 96 valence electrons. The van der Waals surface area contributed by atoms with Crippen LogP contribution in [0.1, 0.15) is 12.0 Å². The number of carbonyl (C=O) groups excluding carboxylic acids is 1. The maximum absolute atomic E-state index is 11.4. The topological polar surface area (TPSA) is 75.6 Å². The van der Waals surface area contributed by atoms with E-state index in [1.165, 1.54) is 6.08 Å². The molecule has 0 aliphatic carbocycles. The van der Waals surface area contributed by atoms with E-state index in [0.29, 0.717) is 0 Å². The minimum absolute atomic E-state index is 0.142. The number of carboxylic acid groups (broad SMARTS) is 1. The second-order valence-electron chi connectivity index (χ2n) is 3.65. The van der Waals surface area contributed by atoms with Gasteiger partial charge in [-0.25, -0.2) is 4.79 Å². The van der Waals surface area contributed by atoms with Crippen LogP contribution in [0, 0.1) is 0 Å². The predicted molar refractivity (Wildman–Crippen MR) is 66.0 cm³/mol. The van der Waals surface area contributed by atoms with Gasteiger partial charge < -0.3 is 15.2 Å². The zero-order valence-electron chi connectivity index (χ0n) is 9.83. The molecule has 1 aromatic rings. The van der Waals surface area contributed by atoms with Gasteiger partial charge in [-0.2, -0.15) is 0 Å². The molecule has 0 aliphatic heterocycles. The summed E-state index contributed by atoms with van der Waals surface area (Å²) in [6.45, 7) is 3.59. The van der Waals surface area contributed by atoms with Crippen molar-refractivity contribution in [1.82, 2.24) is 5.32 Å². The van der Waals surface area contributed by atoms with Crippen LogP contribution in [0.2, 0.25) is 0 Å². The van der Waals surface area contributed by atoms with Gasteiger partial charge in [-0.3, -0.25) is 4.79 Å². The van der Waals surface area contributed by atoms with E-state index in [-0.39, 0.29) is 13.0 Å². The van der Waals surface area contributed by atoms with Crippen molar-refractivity contribution in [2.45, 2.75) is 19.1 Å². The van der Waals surface area contributed by atoms with E-state index in [4.69, 9.17) is 9.84 Å². The molecule has 1 rings (SSSR count). The lowest BCUT2D eigenvalue weighted by Crippen LogP contribution is -2.35. The minimum Gasteiger partial charge on any atom is -0.481 e. The summed E-state index contributed by atoms with van der Waals surface area (Å²) < 4.78 is 4.95. The van der Waals surface area contributed by atoms with Crippen LogP contribution in [0.3, 0.4) is 0 Å². The molecule has 2 N–H and O–H groups in total. The van der Waals surface area contributed by atoms with Gasteiger partial charge in [-0.15, -0.1) is 6.58 Å². The highest BCUT2D eigenvalue weighted by atomic mass is 16.5. The summed E-state index contributed by atoms with van der Waals surface area (Å²) in [7, 11) is 0. The third kappa shape index (κ3) is 5.16. The maximum Gasteiger partial charge on any atom is 0.407 e. The Hall–Kier alpha value is -2.30. The van der Waals surface area contributed by atoms with Gasteiger partial charge in [0, 0.05) is 0 Å². The highest BCUT2D eigenvalue weighted by molar-refractivity contribution is 5.71. The number of aliphatic carboxylic acids is 1. The van der Waals surface area contributed by atoms with E-state index >= 15 is 0 Å². The number of hydrogen-bond donors (Lipinski definition) is 2. The van der Waals surface area contributed by atoms with Gasteiger partial charge in [0.05, 0.1) is 12.5 Å². The molecule has 0 aromatic heterocycles. The quantitative estimate of drug-likeness (QED) is 0.755. The number of hydrogen-bond acceptors (Lipinski definition) is 3. The Morgan fingerprint density at radius 3 is 2.61 bits per heavy atom. The van der Waals surface area contributed by atoms with E-state index in [9.17, 15) is 9.59 Å². The Kier molecular flexibility index (Phi) is 5.44. The lowest BCUT2D eigenvalue weighted by Gasteiger charge is -2.12. The maximum atomic E-state index is 11.4. The summed E-state index contributed by atoms with van der Waals surface area (Å²) >= 11 is 0. The van der Waals surface area contributed by atoms with Crippen LogP contribution in [0.15, 0.2) is 43.0 Å². The molecule has 0 saturated carbocycles. The largest absolute Gasteiger partial charge is 0.481 e. The molecule has 0 spiro atoms. The molecule has 0 aliphatic rings. The third-order valence-electron chi connectivity index (χ3n) is 2.20. The highest BCUT2D eigenvalue weighted by Crippen LogP contribution is 2.01. The molecule has 0 fully saturated rings. The number of ether oxygens (including phenoxy) is 1. The Labute approximate surface area is 105 Å². The zero-order chi connectivity index (χ0) is 13.4. The number of benzene rings is 1. The molecule has 0 saturated heterocycles. The first-order valence-electron chi connectivity index (χ1n) is 5.43. The number of alkyl carbamates (subject to hydrolysis) is 1. The lowest BCUT2D eigenvalue weighted by atomic mass is 10.2. The second kappa shape index (κ2) is 7.11. The SMILES string of the molecule is C=C[C@H](CC(=O)O)NC(=O)OCc1ccccc1. The van der Waals surface area contributed by atoms with Crippen molar-refractivity contribution in [2.75, 3.05) is 0 Å². The summed E-state index contributed by atoms with van der Waals surface area (Å²) in [4.78, 5) is 21.9. The number of rotatable bonds is 6. The van der Waals surface area contributed by atoms with Crippen molar-refractivity contribution in [1.29, 1.82) is 0 Å². The number of amides is 1. The minimum atomic E-state index is -1.01. The fraction of sp³-hybridized carbons (Fsp3) is 0.231. The zero-order valence-corrected chi connectivity index (χ0v) is 9.83. The van der Waals surface area contributed by atoms with E-state index in [1.807, 2.05) is 30.3 Å². The van der Waals surface area contributed by atoms with Crippen molar-refractivity contribution in [2.24, 2.45) is 0 Å². The van der Waals surface area contributed by atoms with Crippen molar-refractivity contribution in [3.05, 3.63) is 48.6 Å². The van der Waals surface area contributed by atoms with Crippen LogP contribution in [0.4, 0.5) is 4.79 Å². The molecule has 18 heavy (non-hydrogen) atoms. The second-order valence-corrected chi connectivity index (χ2v) is 3.65. The van der Waals surface area contributed by atoms with Crippen LogP contribution in [0.25, 0.3) is 0 Å². The lowest BCUT2D eigenvalue weighted by molar-refractivity contribution is -0.137. The predicted octanol–water partition coefficient (Wildman–Crippen LogP) is 1.94. The molecule has 5 heteroatoms. The Morgan fingerprint density at radius 1 is 1.39 bits per heavy atom. The van der Waals surface area contributed by atoms with Gasteiger partial charge in [0.1, 0.15) is 6.61 Å². The van der Waals surface area contributed by atoms with Gasteiger partial charge in [-0.1, -0.05) is 36.4 Å². The molecule has 1 amide bonds. The Bertz CT molecular complexity index is 416. The fourth-order valence-electron chi connectivity index (χ4n) is 1.30. The highest BCUT2D eigenvalue weighted by Gasteiger charge is 2.13. The van der Waals surface area contributed by atoms with Crippen LogP contribution in [-0.2, 0) is 16.1 Å². The molecule has 0 radical (unpaired) electrons. The number of carboxylic acids is 1. The summed E-state index contributed by atoms with van der Waals surface area (Å²) in [6, 6.07) is 8.57. The van der Waals surface area contributed by atoms with Crippen LogP contribution < -0.4 is 5.32 Å². The van der Waals surface area contributed by atoms with Crippen molar-refractivity contribution in [3.63, 3.8) is 0 Å². The molecular weight excluding hydrogens is 234 g/mol. The van der Waals surface area contributed by atoms with Gasteiger partial charge >= 0.3 is 12.1 Å². The van der Waals surface area contributed by atoms with E-state index in [2.05, 4.69) is 11.9 Å². The summed E-state index contributed by atoms with van der Waals surface area (Å²) in [5.41, 5.74) is 0.862. The average Bonchev–Trinajstić information content (AvgIpc) is 2.36. The van der Waals surface area contributed by atoms with Crippen molar-refractivity contribution >= 4 is 12.1 Å². The van der Waals surface area contributed by atoms with Gasteiger partial charge in [0.2, 0.25) is 0 Å². The fourth-order valence-corrected chi connectivity index (χ4v) is 1.30. The average molecular weight is 249 g/mol. The molecule has 0 heterocycles. The first kappa shape index (κ1) is 13.8. The van der Waals surface area contributed by atoms with E-state index in [1.54, 1.807) is 0 Å². The number of nitrogens with one attached hydrogen (secondary N) is 1. The van der Waals surface area contributed by atoms with Gasteiger partial charge in [0.15, 0.2) is 0 Å². The van der Waals surface area contributed by atoms with Crippen LogP contribution in [-0.4, -0.2) is 23.2 Å². The Balaban J connectivity index is 2.37. The first-order valence-corrected chi connectivity index (χ1v) is 5.43. The first-order chi connectivity index (χ1) is 8.61. The Morgan fingerprint density at radius 2 is 2.06 bits per heavy atom. The van der Waals surface area contributed by atoms with E-state index in [0.717, 1.165) is 5.56 Å². The van der Waals surface area contributed by atoms with E-state index < -0.39 is 18.1 Å². The summed E-state index contributed by atoms with van der Waals surface area (Å²) in [5.74, 6) is -1.01. The van der Waals surface area contributed by atoms with Gasteiger partial charge in [0.25, 0.3) is 0 Å². The van der Waals surface area contributed by atoms with Crippen LogP contribution >= 0.6 is 0 Å². The van der Waals surface area contributed by atoms with Crippen molar-refractivity contribution in [3.8, 4) is 0 Å². The molecule has 0 unspecified atom stereocenters. The van der Waals surface area contributed by atoms with Crippen molar-refractivity contribution < 1.29 is 19.4 Å². The molecule has 5 nitrogen and oxygen atoms in total.